The summed E-state index contributed by atoms with van der Waals surface area (Å²) in [7, 11) is -0.991. The minimum absolute atomic E-state index is 0.0942. The molecule has 1 aliphatic rings. The van der Waals surface area contributed by atoms with Crippen LogP contribution in [-0.2, 0) is 20.4 Å². The Morgan fingerprint density at radius 1 is 1.39 bits per heavy atom. The standard InChI is InChI=1S/C11H18N2O4S/c1-4-8-9(14)12-11(16)13(10(8)15)6-5-7(2)18(3)17/h7-8H,4-6H2,1-3H3,(H,12,14,16). The summed E-state index contributed by atoms with van der Waals surface area (Å²) in [6, 6.07) is -0.677. The molecule has 4 amide bonds. The number of imide groups is 2. The average molecular weight is 274 g/mol. The normalized spacial score (nSPS) is 23.8. The molecule has 3 unspecified atom stereocenters. The summed E-state index contributed by atoms with van der Waals surface area (Å²) >= 11 is 0. The Hall–Kier alpha value is -1.24. The molecule has 0 spiro atoms. The van der Waals surface area contributed by atoms with E-state index in [1.54, 1.807) is 20.1 Å². The highest BCUT2D eigenvalue weighted by molar-refractivity contribution is 7.84. The summed E-state index contributed by atoms with van der Waals surface area (Å²) in [5.74, 6) is -1.78. The predicted octanol–water partition coefficient (Wildman–Crippen LogP) is 0.248. The molecule has 102 valence electrons. The van der Waals surface area contributed by atoms with E-state index in [4.69, 9.17) is 0 Å². The van der Waals surface area contributed by atoms with Crippen LogP contribution in [0.4, 0.5) is 4.79 Å². The smallest absolute Gasteiger partial charge is 0.277 e. The maximum absolute atomic E-state index is 11.9. The molecule has 0 bridgehead atoms. The van der Waals surface area contributed by atoms with Crippen molar-refractivity contribution in [2.24, 2.45) is 5.92 Å². The molecule has 6 nitrogen and oxygen atoms in total. The van der Waals surface area contributed by atoms with Gasteiger partial charge in [-0.15, -0.1) is 0 Å². The fourth-order valence-electron chi connectivity index (χ4n) is 1.71. The minimum Gasteiger partial charge on any atom is -0.277 e. The van der Waals surface area contributed by atoms with Crippen LogP contribution in [0.5, 0.6) is 0 Å². The van der Waals surface area contributed by atoms with Crippen LogP contribution in [0.15, 0.2) is 0 Å². The predicted molar refractivity (Wildman–Crippen MR) is 67.2 cm³/mol. The van der Waals surface area contributed by atoms with Gasteiger partial charge in [-0.1, -0.05) is 13.8 Å². The number of nitrogens with zero attached hydrogens (tertiary/aromatic N) is 1. The molecule has 1 rings (SSSR count). The Morgan fingerprint density at radius 3 is 2.50 bits per heavy atom. The molecule has 1 N–H and O–H groups in total. The van der Waals surface area contributed by atoms with E-state index >= 15 is 0 Å². The number of nitrogens with one attached hydrogen (secondary N) is 1. The zero-order valence-electron chi connectivity index (χ0n) is 10.8. The maximum atomic E-state index is 11.9. The van der Waals surface area contributed by atoms with Gasteiger partial charge in [0.05, 0.1) is 0 Å². The highest BCUT2D eigenvalue weighted by Crippen LogP contribution is 2.15. The first-order valence-corrected chi connectivity index (χ1v) is 7.49. The highest BCUT2D eigenvalue weighted by atomic mass is 32.2. The Labute approximate surface area is 109 Å². The summed E-state index contributed by atoms with van der Waals surface area (Å²) in [5, 5.41) is 2.07. The lowest BCUT2D eigenvalue weighted by atomic mass is 10.0. The van der Waals surface area contributed by atoms with Crippen molar-refractivity contribution in [2.45, 2.75) is 31.9 Å². The first kappa shape index (κ1) is 14.8. The van der Waals surface area contributed by atoms with Gasteiger partial charge in [-0.3, -0.25) is 24.0 Å². The third-order valence-corrected chi connectivity index (χ3v) is 4.46. The zero-order valence-corrected chi connectivity index (χ0v) is 11.6. The molecule has 0 aromatic rings. The van der Waals surface area contributed by atoms with Crippen molar-refractivity contribution in [3.05, 3.63) is 0 Å². The van der Waals surface area contributed by atoms with Gasteiger partial charge in [-0.05, 0) is 12.8 Å². The van der Waals surface area contributed by atoms with Crippen LogP contribution in [-0.4, -0.2) is 45.0 Å². The summed E-state index contributed by atoms with van der Waals surface area (Å²) in [4.78, 5) is 35.9. The molecule has 0 radical (unpaired) electrons. The Morgan fingerprint density at radius 2 is 2.00 bits per heavy atom. The number of hydrogen-bond acceptors (Lipinski definition) is 4. The van der Waals surface area contributed by atoms with E-state index < -0.39 is 34.6 Å². The lowest BCUT2D eigenvalue weighted by Crippen LogP contribution is -2.58. The monoisotopic (exact) mass is 274 g/mol. The second-order valence-corrected chi connectivity index (χ2v) is 6.14. The van der Waals surface area contributed by atoms with E-state index in [0.717, 1.165) is 4.90 Å². The lowest BCUT2D eigenvalue weighted by Gasteiger charge is -2.30. The largest absolute Gasteiger partial charge is 0.330 e. The number of carbonyl (C=O) groups is 3. The fraction of sp³-hybridized carbons (Fsp3) is 0.727. The molecule has 1 aliphatic heterocycles. The molecular weight excluding hydrogens is 256 g/mol. The Balaban J connectivity index is 2.69. The maximum Gasteiger partial charge on any atom is 0.330 e. The van der Waals surface area contributed by atoms with Crippen molar-refractivity contribution in [3.8, 4) is 0 Å². The second kappa shape index (κ2) is 6.08. The molecule has 0 saturated carbocycles. The molecular formula is C11H18N2O4S. The van der Waals surface area contributed by atoms with Gasteiger partial charge in [-0.2, -0.15) is 0 Å². The molecule has 1 heterocycles. The Kier molecular flexibility index (Phi) is 5.01. The summed E-state index contributed by atoms with van der Waals surface area (Å²) in [5.41, 5.74) is 0. The third-order valence-electron chi connectivity index (χ3n) is 3.09. The van der Waals surface area contributed by atoms with E-state index in [-0.39, 0.29) is 11.8 Å². The van der Waals surface area contributed by atoms with Crippen molar-refractivity contribution in [3.63, 3.8) is 0 Å². The van der Waals surface area contributed by atoms with Gasteiger partial charge in [0.1, 0.15) is 5.92 Å². The van der Waals surface area contributed by atoms with Crippen LogP contribution < -0.4 is 5.32 Å². The molecule has 1 fully saturated rings. The Bertz CT molecular complexity index is 397. The van der Waals surface area contributed by atoms with E-state index in [9.17, 15) is 18.6 Å². The molecule has 18 heavy (non-hydrogen) atoms. The van der Waals surface area contributed by atoms with Crippen molar-refractivity contribution in [2.75, 3.05) is 12.8 Å². The van der Waals surface area contributed by atoms with Crippen molar-refractivity contribution in [1.29, 1.82) is 0 Å². The van der Waals surface area contributed by atoms with Crippen LogP contribution >= 0.6 is 0 Å². The zero-order chi connectivity index (χ0) is 13.9. The molecule has 7 heteroatoms. The van der Waals surface area contributed by atoms with Gasteiger partial charge in [0.25, 0.3) is 0 Å². The lowest BCUT2D eigenvalue weighted by molar-refractivity contribution is -0.142. The van der Waals surface area contributed by atoms with E-state index in [1.165, 1.54) is 0 Å². The number of barbiturate groups is 1. The van der Waals surface area contributed by atoms with Crippen molar-refractivity contribution < 1.29 is 18.6 Å². The number of urea groups is 1. The van der Waals surface area contributed by atoms with Gasteiger partial charge in [0, 0.05) is 28.9 Å². The van der Waals surface area contributed by atoms with Crippen LogP contribution in [0, 0.1) is 5.92 Å². The van der Waals surface area contributed by atoms with E-state index in [1.807, 2.05) is 0 Å². The van der Waals surface area contributed by atoms with Gasteiger partial charge in [-0.25, -0.2) is 4.79 Å². The van der Waals surface area contributed by atoms with Crippen LogP contribution in [0.1, 0.15) is 26.7 Å². The van der Waals surface area contributed by atoms with Crippen molar-refractivity contribution in [1.82, 2.24) is 10.2 Å². The topological polar surface area (TPSA) is 83.6 Å². The van der Waals surface area contributed by atoms with E-state index in [0.29, 0.717) is 12.8 Å². The first-order valence-electron chi connectivity index (χ1n) is 5.86. The van der Waals surface area contributed by atoms with Gasteiger partial charge in [0.15, 0.2) is 0 Å². The first-order chi connectivity index (χ1) is 8.38. The van der Waals surface area contributed by atoms with Gasteiger partial charge >= 0.3 is 6.03 Å². The number of hydrogen-bond donors (Lipinski definition) is 1. The fourth-order valence-corrected chi connectivity index (χ4v) is 2.15. The number of carbonyl (C=O) groups excluding carboxylic acids is 3. The molecule has 3 atom stereocenters. The third kappa shape index (κ3) is 3.16. The quantitative estimate of drug-likeness (QED) is 0.728. The van der Waals surface area contributed by atoms with Crippen molar-refractivity contribution >= 4 is 28.6 Å². The van der Waals surface area contributed by atoms with Crippen LogP contribution in [0.3, 0.4) is 0 Å². The van der Waals surface area contributed by atoms with Gasteiger partial charge < -0.3 is 0 Å². The van der Waals surface area contributed by atoms with Gasteiger partial charge in [0.2, 0.25) is 11.8 Å². The second-order valence-electron chi connectivity index (χ2n) is 4.34. The summed E-state index contributed by atoms with van der Waals surface area (Å²) < 4.78 is 11.2. The van der Waals surface area contributed by atoms with Crippen LogP contribution in [0.2, 0.25) is 0 Å². The van der Waals surface area contributed by atoms with E-state index in [2.05, 4.69) is 5.32 Å². The minimum atomic E-state index is -0.991. The SMILES string of the molecule is CCC1C(=O)NC(=O)N(CCC(C)S(C)=O)C1=O. The summed E-state index contributed by atoms with van der Waals surface area (Å²) in [6.07, 6.45) is 2.41. The molecule has 0 aromatic carbocycles. The summed E-state index contributed by atoms with van der Waals surface area (Å²) in [6.45, 7) is 3.71. The number of rotatable bonds is 5. The number of amides is 4. The molecule has 0 aromatic heterocycles. The molecule has 1 saturated heterocycles. The van der Waals surface area contributed by atoms with Crippen LogP contribution in [0.25, 0.3) is 0 Å². The molecule has 0 aliphatic carbocycles. The highest BCUT2D eigenvalue weighted by Gasteiger charge is 2.38. The average Bonchev–Trinajstić information content (AvgIpc) is 2.28.